The number of nitrogens with one attached hydrogen (secondary N) is 2. The zero-order valence-electron chi connectivity index (χ0n) is 15.9. The van der Waals surface area contributed by atoms with Crippen molar-refractivity contribution in [2.24, 2.45) is 0 Å². The topological polar surface area (TPSA) is 95.6 Å². The van der Waals surface area contributed by atoms with Gasteiger partial charge >= 0.3 is 0 Å². The van der Waals surface area contributed by atoms with Crippen molar-refractivity contribution < 1.29 is 18.0 Å². The third-order valence-electron chi connectivity index (χ3n) is 4.70. The van der Waals surface area contributed by atoms with E-state index >= 15 is 0 Å². The highest BCUT2D eigenvalue weighted by Crippen LogP contribution is 2.26. The highest BCUT2D eigenvalue weighted by atomic mass is 35.5. The first-order valence-electron chi connectivity index (χ1n) is 8.85. The molecule has 0 spiro atoms. The molecule has 1 saturated heterocycles. The van der Waals surface area contributed by atoms with Gasteiger partial charge in [-0.05, 0) is 45.9 Å². The Hall–Kier alpha value is -1.48. The van der Waals surface area contributed by atoms with Crippen LogP contribution in [0, 0.1) is 0 Å². The molecule has 1 aromatic carbocycles. The van der Waals surface area contributed by atoms with Crippen LogP contribution in [0.2, 0.25) is 0 Å². The maximum Gasteiger partial charge on any atom is 0.243 e. The van der Waals surface area contributed by atoms with Crippen molar-refractivity contribution in [3.8, 4) is 0 Å². The molecule has 0 bridgehead atoms. The van der Waals surface area contributed by atoms with Gasteiger partial charge in [0.25, 0.3) is 0 Å². The second-order valence-corrected chi connectivity index (χ2v) is 8.53. The lowest BCUT2D eigenvalue weighted by Crippen LogP contribution is -2.53. The second-order valence-electron chi connectivity index (χ2n) is 6.64. The largest absolute Gasteiger partial charge is 0.353 e. The fourth-order valence-electron chi connectivity index (χ4n) is 2.93. The van der Waals surface area contributed by atoms with E-state index in [-0.39, 0.29) is 35.0 Å². The molecule has 1 fully saturated rings. The monoisotopic (exact) mass is 417 g/mol. The number of benzene rings is 1. The fourth-order valence-corrected chi connectivity index (χ4v) is 4.58. The van der Waals surface area contributed by atoms with E-state index in [1.165, 1.54) is 35.5 Å². The van der Waals surface area contributed by atoms with Gasteiger partial charge in [0.1, 0.15) is 6.04 Å². The smallest absolute Gasteiger partial charge is 0.243 e. The van der Waals surface area contributed by atoms with Crippen LogP contribution >= 0.6 is 12.4 Å². The van der Waals surface area contributed by atoms with Crippen molar-refractivity contribution in [3.63, 3.8) is 0 Å². The minimum Gasteiger partial charge on any atom is -0.353 e. The summed E-state index contributed by atoms with van der Waals surface area (Å²) in [6.45, 7) is 4.12. The van der Waals surface area contributed by atoms with Gasteiger partial charge in [-0.1, -0.05) is 18.6 Å². The summed E-state index contributed by atoms with van der Waals surface area (Å²) in [5.41, 5.74) is 0.456. The summed E-state index contributed by atoms with van der Waals surface area (Å²) in [7, 11) is -1.99. The number of amides is 1. The Kier molecular flexibility index (Phi) is 8.87. The van der Waals surface area contributed by atoms with E-state index in [0.29, 0.717) is 25.1 Å². The number of ketones is 1. The second kappa shape index (κ2) is 10.2. The van der Waals surface area contributed by atoms with Gasteiger partial charge < -0.3 is 10.6 Å². The Bertz CT molecular complexity index is 752. The van der Waals surface area contributed by atoms with Gasteiger partial charge in [0.15, 0.2) is 5.78 Å². The van der Waals surface area contributed by atoms with Gasteiger partial charge in [0, 0.05) is 24.7 Å². The fraction of sp³-hybridized carbons (Fsp3) is 0.556. The molecule has 1 amide bonds. The molecule has 2 atom stereocenters. The van der Waals surface area contributed by atoms with E-state index in [0.717, 1.165) is 12.8 Å². The minimum atomic E-state index is -3.80. The lowest BCUT2D eigenvalue weighted by Gasteiger charge is -2.33. The Labute approximate surface area is 167 Å². The molecule has 0 aliphatic carbocycles. The highest BCUT2D eigenvalue weighted by molar-refractivity contribution is 7.89. The molecule has 1 aliphatic rings. The summed E-state index contributed by atoms with van der Waals surface area (Å²) in [5.74, 6) is -0.390. The lowest BCUT2D eigenvalue weighted by molar-refractivity contribution is -0.125. The van der Waals surface area contributed by atoms with E-state index in [1.54, 1.807) is 7.05 Å². The first kappa shape index (κ1) is 23.6. The average Bonchev–Trinajstić information content (AvgIpc) is 2.65. The maximum atomic E-state index is 13.0. The standard InChI is InChI=1S/C18H27N3O4S.ClH/c1-13(19-3)12-20-18(23)17-6-4-5-11-21(17)26(24,25)16-9-7-15(8-10-16)14(2)22;/h7-10,13,17,19H,4-6,11-12H2,1-3H3,(H,20,23);1H. The van der Waals surface area contributed by atoms with Crippen molar-refractivity contribution in [1.29, 1.82) is 0 Å². The van der Waals surface area contributed by atoms with Crippen LogP contribution in [0.5, 0.6) is 0 Å². The van der Waals surface area contributed by atoms with Crippen LogP contribution < -0.4 is 10.6 Å². The van der Waals surface area contributed by atoms with Crippen molar-refractivity contribution >= 4 is 34.1 Å². The molecular formula is C18H28ClN3O4S. The van der Waals surface area contributed by atoms with E-state index in [4.69, 9.17) is 0 Å². The normalized spacial score (nSPS) is 19.0. The molecule has 27 heavy (non-hydrogen) atoms. The Morgan fingerprint density at radius 1 is 1.22 bits per heavy atom. The number of hydrogen-bond acceptors (Lipinski definition) is 5. The Morgan fingerprint density at radius 2 is 1.85 bits per heavy atom. The first-order chi connectivity index (χ1) is 12.3. The zero-order valence-corrected chi connectivity index (χ0v) is 17.5. The first-order valence-corrected chi connectivity index (χ1v) is 10.3. The Balaban J connectivity index is 0.00000364. The summed E-state index contributed by atoms with van der Waals surface area (Å²) in [6.07, 6.45) is 2.04. The molecule has 2 unspecified atom stereocenters. The predicted molar refractivity (Wildman–Crippen MR) is 107 cm³/mol. The number of rotatable bonds is 7. The van der Waals surface area contributed by atoms with Gasteiger partial charge in [-0.2, -0.15) is 4.31 Å². The van der Waals surface area contributed by atoms with Crippen molar-refractivity contribution in [1.82, 2.24) is 14.9 Å². The summed E-state index contributed by atoms with van der Waals surface area (Å²) in [6, 6.07) is 5.26. The number of carbonyl (C=O) groups excluding carboxylic acids is 2. The number of hydrogen-bond donors (Lipinski definition) is 2. The van der Waals surface area contributed by atoms with Crippen molar-refractivity contribution in [2.75, 3.05) is 20.1 Å². The van der Waals surface area contributed by atoms with Crippen molar-refractivity contribution in [3.05, 3.63) is 29.8 Å². The average molecular weight is 418 g/mol. The van der Waals surface area contributed by atoms with Crippen LogP contribution in [0.4, 0.5) is 0 Å². The lowest BCUT2D eigenvalue weighted by atomic mass is 10.0. The van der Waals surface area contributed by atoms with Crippen LogP contribution in [0.1, 0.15) is 43.5 Å². The maximum absolute atomic E-state index is 13.0. The van der Waals surface area contributed by atoms with E-state index < -0.39 is 16.1 Å². The van der Waals surface area contributed by atoms with Crippen LogP contribution in [-0.4, -0.2) is 56.6 Å². The molecule has 0 radical (unpaired) electrons. The summed E-state index contributed by atoms with van der Waals surface area (Å²) >= 11 is 0. The van der Waals surface area contributed by atoms with Crippen LogP contribution in [0.15, 0.2) is 29.2 Å². The summed E-state index contributed by atoms with van der Waals surface area (Å²) < 4.78 is 27.3. The molecule has 0 saturated carbocycles. The molecule has 152 valence electrons. The number of piperidine rings is 1. The van der Waals surface area contributed by atoms with Gasteiger partial charge in [-0.15, -0.1) is 12.4 Å². The van der Waals surface area contributed by atoms with Gasteiger partial charge in [-0.25, -0.2) is 8.42 Å². The van der Waals surface area contributed by atoms with Crippen LogP contribution in [0.3, 0.4) is 0 Å². The predicted octanol–water partition coefficient (Wildman–Crippen LogP) is 1.58. The summed E-state index contributed by atoms with van der Waals surface area (Å²) in [4.78, 5) is 24.0. The molecule has 0 aromatic heterocycles. The molecular weight excluding hydrogens is 390 g/mol. The quantitative estimate of drug-likeness (QED) is 0.656. The number of nitrogens with zero attached hydrogens (tertiary/aromatic N) is 1. The molecule has 1 aromatic rings. The third-order valence-corrected chi connectivity index (χ3v) is 6.62. The molecule has 1 heterocycles. The van der Waals surface area contributed by atoms with Crippen LogP contribution in [0.25, 0.3) is 0 Å². The third kappa shape index (κ3) is 5.75. The molecule has 2 N–H and O–H groups in total. The number of halogens is 1. The van der Waals surface area contributed by atoms with E-state index in [2.05, 4.69) is 10.6 Å². The number of carbonyl (C=O) groups is 2. The zero-order chi connectivity index (χ0) is 19.3. The number of Topliss-reactive ketones (excluding diaryl/α,β-unsaturated/α-hetero) is 1. The van der Waals surface area contributed by atoms with Crippen LogP contribution in [-0.2, 0) is 14.8 Å². The molecule has 1 aliphatic heterocycles. The van der Waals surface area contributed by atoms with E-state index in [9.17, 15) is 18.0 Å². The van der Waals surface area contributed by atoms with Gasteiger partial charge in [0.05, 0.1) is 4.90 Å². The van der Waals surface area contributed by atoms with Crippen molar-refractivity contribution in [2.45, 2.75) is 50.1 Å². The number of likely N-dealkylation sites (N-methyl/N-ethyl adjacent to an activating group) is 1. The Morgan fingerprint density at radius 3 is 2.41 bits per heavy atom. The van der Waals surface area contributed by atoms with Gasteiger partial charge in [0.2, 0.25) is 15.9 Å². The highest BCUT2D eigenvalue weighted by Gasteiger charge is 2.37. The minimum absolute atomic E-state index is 0. The molecule has 7 nitrogen and oxygen atoms in total. The van der Waals surface area contributed by atoms with E-state index in [1.807, 2.05) is 6.92 Å². The van der Waals surface area contributed by atoms with Gasteiger partial charge in [-0.3, -0.25) is 9.59 Å². The SMILES string of the molecule is CNC(C)CNC(=O)C1CCCCN1S(=O)(=O)c1ccc(C(C)=O)cc1.Cl. The molecule has 2 rings (SSSR count). The number of sulfonamides is 1. The summed E-state index contributed by atoms with van der Waals surface area (Å²) in [5, 5.41) is 5.86. The molecule has 9 heteroatoms.